The molecule has 2 fully saturated rings. The summed E-state index contributed by atoms with van der Waals surface area (Å²) in [5, 5.41) is 5.83. The Morgan fingerprint density at radius 2 is 0.976 bits per heavy atom. The number of hydrogen-bond acceptors (Lipinski definition) is 4. The van der Waals surface area contributed by atoms with E-state index in [9.17, 15) is 9.59 Å². The van der Waals surface area contributed by atoms with Gasteiger partial charge in [-0.3, -0.25) is 9.59 Å². The number of carbonyl (C=O) groups excluding carboxylic acids is 2. The van der Waals surface area contributed by atoms with Crippen molar-refractivity contribution >= 4 is 11.8 Å². The van der Waals surface area contributed by atoms with E-state index >= 15 is 0 Å². The third-order valence-corrected chi connectivity index (χ3v) is 7.45. The van der Waals surface area contributed by atoms with Gasteiger partial charge in [0.05, 0.1) is 26.4 Å². The van der Waals surface area contributed by atoms with Gasteiger partial charge >= 0.3 is 17.1 Å². The standard InChI is InChI=1S/C32H40N4O4.Fe/c1-21-23(3)29(35-27(21)19-25-9-5-6-10-25)31(37)33-13-15-39-17-18-40-16-14-34-32(38)30-24(4)22(2)28(36-30)20-26-11-7-8-12-26;/h5-12,35-36H,13-20H2,1-4H3,(H,33,37)(H,34,38);/q;+2. The van der Waals surface area contributed by atoms with E-state index in [-0.39, 0.29) is 28.9 Å². The molecule has 0 aliphatic heterocycles. The molecule has 8 nitrogen and oxygen atoms in total. The van der Waals surface area contributed by atoms with Crippen molar-refractivity contribution in [3.05, 3.63) is 108 Å². The van der Waals surface area contributed by atoms with Crippen molar-refractivity contribution < 1.29 is 36.1 Å². The Morgan fingerprint density at radius 1 is 0.610 bits per heavy atom. The van der Waals surface area contributed by atoms with Crippen molar-refractivity contribution in [3.8, 4) is 0 Å². The van der Waals surface area contributed by atoms with Crippen LogP contribution in [0.1, 0.15) is 54.6 Å². The van der Waals surface area contributed by atoms with E-state index in [1.54, 1.807) is 0 Å². The minimum Gasteiger partial charge on any atom is -0.377 e. The number of aromatic nitrogens is 2. The van der Waals surface area contributed by atoms with Crippen LogP contribution in [0.3, 0.4) is 0 Å². The topological polar surface area (TPSA) is 108 Å². The average molecular weight is 601 g/mol. The van der Waals surface area contributed by atoms with Gasteiger partial charge in [0.1, 0.15) is 11.4 Å². The number of rotatable bonds is 15. The van der Waals surface area contributed by atoms with E-state index in [0.29, 0.717) is 50.9 Å². The molecule has 0 unspecified atom stereocenters. The van der Waals surface area contributed by atoms with Crippen molar-refractivity contribution in [1.82, 2.24) is 20.6 Å². The minimum absolute atomic E-state index is 0. The molecule has 2 aromatic rings. The third kappa shape index (κ3) is 9.21. The van der Waals surface area contributed by atoms with E-state index in [2.05, 4.69) is 46.3 Å². The minimum atomic E-state index is -0.129. The summed E-state index contributed by atoms with van der Waals surface area (Å²) in [6.07, 6.45) is 18.0. The number of carbonyl (C=O) groups is 2. The van der Waals surface area contributed by atoms with E-state index < -0.39 is 0 Å². The van der Waals surface area contributed by atoms with Gasteiger partial charge in [0.25, 0.3) is 11.8 Å². The smallest absolute Gasteiger partial charge is 0.377 e. The molecule has 0 spiro atoms. The van der Waals surface area contributed by atoms with E-state index in [4.69, 9.17) is 9.47 Å². The van der Waals surface area contributed by atoms with Gasteiger partial charge in [-0.25, -0.2) is 0 Å². The summed E-state index contributed by atoms with van der Waals surface area (Å²) < 4.78 is 11.2. The van der Waals surface area contributed by atoms with Crippen LogP contribution in [0, 0.1) is 90.9 Å². The molecular formula is C32H40FeN4O4+2. The average Bonchev–Trinajstić information content (AvgIpc) is 3.75. The predicted octanol–water partition coefficient (Wildman–Crippen LogP) is 3.66. The molecule has 2 heterocycles. The van der Waals surface area contributed by atoms with E-state index in [0.717, 1.165) is 46.5 Å². The fraction of sp³-hybridized carbons (Fsp3) is 0.375. The van der Waals surface area contributed by atoms with Crippen LogP contribution >= 0.6 is 0 Å². The summed E-state index contributed by atoms with van der Waals surface area (Å²) in [7, 11) is 0. The Hall–Kier alpha value is -2.06. The summed E-state index contributed by atoms with van der Waals surface area (Å²) in [5.41, 5.74) is 7.52. The normalized spacial score (nSPS) is 15.8. The van der Waals surface area contributed by atoms with Gasteiger partial charge in [-0.2, -0.15) is 0 Å². The second-order valence-electron chi connectivity index (χ2n) is 10.1. The predicted molar refractivity (Wildman–Crippen MR) is 155 cm³/mol. The van der Waals surface area contributed by atoms with Crippen molar-refractivity contribution in [2.24, 2.45) is 0 Å². The van der Waals surface area contributed by atoms with Gasteiger partial charge in [0.2, 0.25) is 0 Å². The number of H-pyrrole nitrogens is 2. The Balaban J connectivity index is 0.00000462. The van der Waals surface area contributed by atoms with Crippen LogP contribution < -0.4 is 10.6 Å². The van der Waals surface area contributed by atoms with Crippen LogP contribution in [-0.4, -0.2) is 61.3 Å². The molecule has 2 aliphatic rings. The van der Waals surface area contributed by atoms with Crippen LogP contribution in [0.2, 0.25) is 0 Å². The molecule has 9 heteroatoms. The zero-order valence-electron chi connectivity index (χ0n) is 24.3. The van der Waals surface area contributed by atoms with Crippen LogP contribution in [0.5, 0.6) is 0 Å². The first-order valence-electron chi connectivity index (χ1n) is 13.8. The molecule has 218 valence electrons. The van der Waals surface area contributed by atoms with Crippen LogP contribution in [-0.2, 0) is 39.4 Å². The maximum absolute atomic E-state index is 12.7. The monoisotopic (exact) mass is 600 g/mol. The molecule has 41 heavy (non-hydrogen) atoms. The van der Waals surface area contributed by atoms with Gasteiger partial charge in [-0.15, -0.1) is 0 Å². The van der Waals surface area contributed by atoms with E-state index in [1.165, 1.54) is 11.8 Å². The molecule has 0 atom stereocenters. The molecule has 4 N–H and O–H groups in total. The van der Waals surface area contributed by atoms with Gasteiger partial charge in [-0.1, -0.05) is 0 Å². The fourth-order valence-corrected chi connectivity index (χ4v) is 4.76. The largest absolute Gasteiger partial charge is 2.00 e. The van der Waals surface area contributed by atoms with Crippen LogP contribution in [0.25, 0.3) is 0 Å². The summed E-state index contributed by atoms with van der Waals surface area (Å²) in [4.78, 5) is 31.9. The molecule has 2 amide bonds. The molecule has 0 bridgehead atoms. The number of amides is 2. The molecule has 4 rings (SSSR count). The maximum Gasteiger partial charge on any atom is 2.00 e. The summed E-state index contributed by atoms with van der Waals surface area (Å²) >= 11 is 0. The first-order valence-corrected chi connectivity index (χ1v) is 13.8. The van der Waals surface area contributed by atoms with Crippen LogP contribution in [0.15, 0.2) is 0 Å². The second kappa shape index (κ2) is 16.5. The molecule has 10 radical (unpaired) electrons. The SMILES string of the molecule is Cc1c(C[C]2[CH][CH][CH][CH]2)[nH]c(C(=O)NCCOCCOCCNC(=O)c2[nH]c(C[C]3[CH][CH][CH][CH]3)c(C)c2C)c1C.[Fe+2]. The van der Waals surface area contributed by atoms with Gasteiger partial charge in [0, 0.05) is 24.5 Å². The van der Waals surface area contributed by atoms with Gasteiger partial charge in [-0.05, 0) is 126 Å². The number of aromatic amines is 2. The first-order chi connectivity index (χ1) is 19.3. The van der Waals surface area contributed by atoms with Crippen molar-refractivity contribution in [2.45, 2.75) is 40.5 Å². The van der Waals surface area contributed by atoms with Crippen LogP contribution in [0.4, 0.5) is 0 Å². The number of ether oxygens (including phenoxy) is 2. The number of nitrogens with one attached hydrogen (secondary N) is 4. The summed E-state index contributed by atoms with van der Waals surface area (Å²) in [6.45, 7) is 10.4. The molecule has 2 saturated carbocycles. The summed E-state index contributed by atoms with van der Waals surface area (Å²) in [5.74, 6) is 2.18. The van der Waals surface area contributed by atoms with Crippen molar-refractivity contribution in [3.63, 3.8) is 0 Å². The Bertz CT molecular complexity index is 1040. The third-order valence-electron chi connectivity index (χ3n) is 7.45. The molecule has 2 aromatic heterocycles. The quantitative estimate of drug-likeness (QED) is 0.185. The molecule has 0 aromatic carbocycles. The summed E-state index contributed by atoms with van der Waals surface area (Å²) in [6, 6.07) is 0. The first kappa shape index (κ1) is 33.4. The molecule has 2 aliphatic carbocycles. The zero-order valence-corrected chi connectivity index (χ0v) is 25.4. The molecular weight excluding hydrogens is 560 g/mol. The van der Waals surface area contributed by atoms with E-state index in [1.807, 2.05) is 53.4 Å². The Labute approximate surface area is 256 Å². The Kier molecular flexibility index (Phi) is 13.5. The Morgan fingerprint density at radius 3 is 1.34 bits per heavy atom. The second-order valence-corrected chi connectivity index (χ2v) is 10.1. The zero-order chi connectivity index (χ0) is 28.5. The number of hydrogen-bond donors (Lipinski definition) is 4. The molecule has 0 saturated heterocycles. The van der Waals surface area contributed by atoms with Crippen molar-refractivity contribution in [1.29, 1.82) is 0 Å². The van der Waals surface area contributed by atoms with Gasteiger partial charge in [0.15, 0.2) is 0 Å². The fourth-order valence-electron chi connectivity index (χ4n) is 4.76. The van der Waals surface area contributed by atoms with Crippen molar-refractivity contribution in [2.75, 3.05) is 39.5 Å². The van der Waals surface area contributed by atoms with Gasteiger partial charge < -0.3 is 30.1 Å². The maximum atomic E-state index is 12.7.